The summed E-state index contributed by atoms with van der Waals surface area (Å²) < 4.78 is 53.8. The fourth-order valence-corrected chi connectivity index (χ4v) is 5.08. The van der Waals surface area contributed by atoms with Crippen LogP contribution in [0.15, 0.2) is 46.7 Å². The Morgan fingerprint density at radius 1 is 1.26 bits per heavy atom. The molecule has 1 atom stereocenters. The van der Waals surface area contributed by atoms with Gasteiger partial charge in [-0.05, 0) is 25.1 Å². The fourth-order valence-electron chi connectivity index (χ4n) is 4.22. The molecule has 1 fully saturated rings. The molecule has 11 heteroatoms. The first kappa shape index (κ1) is 23.3. The molecule has 1 aliphatic carbocycles. The third-order valence-corrected chi connectivity index (χ3v) is 7.20. The van der Waals surface area contributed by atoms with Gasteiger partial charge in [-0.2, -0.15) is 0 Å². The highest BCUT2D eigenvalue weighted by Gasteiger charge is 2.60. The Labute approximate surface area is 201 Å². The molecule has 0 spiro atoms. The van der Waals surface area contributed by atoms with Gasteiger partial charge in [0.15, 0.2) is 9.84 Å². The lowest BCUT2D eigenvalue weighted by atomic mass is 10.1. The van der Waals surface area contributed by atoms with Crippen LogP contribution in [0.3, 0.4) is 0 Å². The number of aryl methyl sites for hydroxylation is 1. The molecular formula is C24H23F2N5O3S. The van der Waals surface area contributed by atoms with Crippen molar-refractivity contribution < 1.29 is 22.0 Å². The Balaban J connectivity index is 1.52. The molecule has 1 aliphatic heterocycles. The summed E-state index contributed by atoms with van der Waals surface area (Å²) in [6.45, 7) is 1.84. The zero-order valence-corrected chi connectivity index (χ0v) is 20.2. The van der Waals surface area contributed by atoms with E-state index in [1.807, 2.05) is 14.0 Å². The SMILES string of the molecule is CC1=Nc2c(Nc3ccc(-c4cn(C)cn4)cc3S(C)(=O)=O)cc(CC(=O)[C@H]3CC3(F)F)nc2C1. The quantitative estimate of drug-likeness (QED) is 0.526. The number of benzene rings is 1. The maximum atomic E-state index is 13.4. The number of fused-ring (bicyclic) bond motifs is 1. The summed E-state index contributed by atoms with van der Waals surface area (Å²) in [5.41, 5.74) is 4.37. The molecular weight excluding hydrogens is 476 g/mol. The standard InChI is InChI=1S/C24H23F2N5O3S/c1-13-6-18-23(28-13)19(8-15(29-18)9-21(32)16-10-24(16,25)26)30-17-5-4-14(7-22(17)35(3,33)34)20-11-31(2)12-27-20/h4-5,7-8,11-12,16H,6,9-10H2,1-3H3,(H,29,30)/t16-/m1/s1. The Morgan fingerprint density at radius 2 is 2.00 bits per heavy atom. The number of aromatic nitrogens is 3. The number of nitrogens with zero attached hydrogens (tertiary/aromatic N) is 4. The topological polar surface area (TPSA) is 106 Å². The fraction of sp³-hybridized carbons (Fsp3) is 0.333. The van der Waals surface area contributed by atoms with Crippen molar-refractivity contribution in [1.82, 2.24) is 14.5 Å². The van der Waals surface area contributed by atoms with Gasteiger partial charge in [0.1, 0.15) is 11.5 Å². The second kappa shape index (κ2) is 8.04. The van der Waals surface area contributed by atoms with E-state index in [0.717, 1.165) is 12.0 Å². The van der Waals surface area contributed by atoms with E-state index in [2.05, 4.69) is 20.3 Å². The molecule has 0 radical (unpaired) electrons. The average molecular weight is 500 g/mol. The molecule has 0 amide bonds. The van der Waals surface area contributed by atoms with Crippen LogP contribution in [0.5, 0.6) is 0 Å². The molecule has 3 aromatic rings. The van der Waals surface area contributed by atoms with Gasteiger partial charge in [0.05, 0.1) is 45.6 Å². The van der Waals surface area contributed by atoms with E-state index in [4.69, 9.17) is 0 Å². The predicted octanol–water partition coefficient (Wildman–Crippen LogP) is 4.04. The number of hydrogen-bond acceptors (Lipinski definition) is 7. The molecule has 8 nitrogen and oxygen atoms in total. The number of carbonyl (C=O) groups is 1. The third kappa shape index (κ3) is 4.60. The zero-order chi connectivity index (χ0) is 25.1. The molecule has 0 unspecified atom stereocenters. The first-order valence-electron chi connectivity index (χ1n) is 11.0. The van der Waals surface area contributed by atoms with Gasteiger partial charge in [0.2, 0.25) is 0 Å². The summed E-state index contributed by atoms with van der Waals surface area (Å²) in [6, 6.07) is 6.54. The van der Waals surface area contributed by atoms with Crippen molar-refractivity contribution in [3.05, 3.63) is 48.2 Å². The summed E-state index contributed by atoms with van der Waals surface area (Å²) in [5.74, 6) is -4.75. The van der Waals surface area contributed by atoms with E-state index in [1.54, 1.807) is 41.4 Å². The summed E-state index contributed by atoms with van der Waals surface area (Å²) in [7, 11) is -1.81. The Bertz CT molecular complexity index is 1510. The van der Waals surface area contributed by atoms with Gasteiger partial charge in [0, 0.05) is 50.0 Å². The molecule has 1 N–H and O–H groups in total. The average Bonchev–Trinajstić information content (AvgIpc) is 3.06. The molecule has 1 aromatic carbocycles. The number of sulfone groups is 1. The van der Waals surface area contributed by atoms with Crippen LogP contribution in [0.2, 0.25) is 0 Å². The molecule has 2 aliphatic rings. The highest BCUT2D eigenvalue weighted by molar-refractivity contribution is 7.90. The minimum absolute atomic E-state index is 0.0696. The Kier molecular flexibility index (Phi) is 5.35. The van der Waals surface area contributed by atoms with Crippen LogP contribution in [-0.4, -0.2) is 46.6 Å². The number of pyridine rings is 1. The van der Waals surface area contributed by atoms with E-state index < -0.39 is 33.9 Å². The number of ketones is 1. The lowest BCUT2D eigenvalue weighted by molar-refractivity contribution is -0.121. The first-order valence-corrected chi connectivity index (χ1v) is 12.9. The van der Waals surface area contributed by atoms with Gasteiger partial charge in [-0.25, -0.2) is 22.2 Å². The van der Waals surface area contributed by atoms with E-state index in [9.17, 15) is 22.0 Å². The largest absolute Gasteiger partial charge is 0.353 e. The molecule has 1 saturated carbocycles. The number of carbonyl (C=O) groups excluding carboxylic acids is 1. The molecule has 5 rings (SSSR count). The monoisotopic (exact) mass is 499 g/mol. The number of alkyl halides is 2. The summed E-state index contributed by atoms with van der Waals surface area (Å²) >= 11 is 0. The van der Waals surface area contributed by atoms with Crippen LogP contribution in [0.25, 0.3) is 11.3 Å². The second-order valence-corrected chi connectivity index (χ2v) is 11.2. The highest BCUT2D eigenvalue weighted by Crippen LogP contribution is 2.49. The maximum Gasteiger partial charge on any atom is 0.258 e. The zero-order valence-electron chi connectivity index (χ0n) is 19.3. The van der Waals surface area contributed by atoms with Crippen molar-refractivity contribution in [2.24, 2.45) is 18.0 Å². The minimum atomic E-state index is -3.63. The van der Waals surface area contributed by atoms with Crippen molar-refractivity contribution in [2.45, 2.75) is 37.0 Å². The van der Waals surface area contributed by atoms with Gasteiger partial charge in [-0.3, -0.25) is 14.8 Å². The number of halogens is 2. The first-order chi connectivity index (χ1) is 16.4. The number of anilines is 2. The number of Topliss-reactive ketones (excluding diaryl/α,β-unsaturated/α-hetero) is 1. The summed E-state index contributed by atoms with van der Waals surface area (Å²) in [4.78, 5) is 25.7. The second-order valence-electron chi connectivity index (χ2n) is 9.17. The lowest BCUT2D eigenvalue weighted by Gasteiger charge is -2.15. The van der Waals surface area contributed by atoms with Gasteiger partial charge < -0.3 is 9.88 Å². The van der Waals surface area contributed by atoms with Crippen molar-refractivity contribution in [2.75, 3.05) is 11.6 Å². The van der Waals surface area contributed by atoms with Crippen LogP contribution >= 0.6 is 0 Å². The van der Waals surface area contributed by atoms with E-state index >= 15 is 0 Å². The van der Waals surface area contributed by atoms with Gasteiger partial charge in [-0.1, -0.05) is 6.07 Å². The molecule has 3 heterocycles. The Morgan fingerprint density at radius 3 is 2.63 bits per heavy atom. The molecule has 35 heavy (non-hydrogen) atoms. The highest BCUT2D eigenvalue weighted by atomic mass is 32.2. The number of hydrogen-bond donors (Lipinski definition) is 1. The number of rotatable bonds is 7. The van der Waals surface area contributed by atoms with Gasteiger partial charge in [-0.15, -0.1) is 0 Å². The predicted molar refractivity (Wildman–Crippen MR) is 128 cm³/mol. The van der Waals surface area contributed by atoms with Crippen LogP contribution in [0.1, 0.15) is 24.7 Å². The normalized spacial score (nSPS) is 18.2. The minimum Gasteiger partial charge on any atom is -0.353 e. The molecule has 2 aromatic heterocycles. The number of aliphatic imine (C=N–C) groups is 1. The van der Waals surface area contributed by atoms with Crippen molar-refractivity contribution in [1.29, 1.82) is 0 Å². The lowest BCUT2D eigenvalue weighted by Crippen LogP contribution is -2.12. The van der Waals surface area contributed by atoms with Crippen molar-refractivity contribution in [3.63, 3.8) is 0 Å². The Hall–Kier alpha value is -3.47. The van der Waals surface area contributed by atoms with Crippen LogP contribution in [-0.2, 0) is 34.5 Å². The van der Waals surface area contributed by atoms with Crippen molar-refractivity contribution in [3.8, 4) is 11.3 Å². The maximum absolute atomic E-state index is 13.4. The van der Waals surface area contributed by atoms with Gasteiger partial charge >= 0.3 is 0 Å². The summed E-state index contributed by atoms with van der Waals surface area (Å²) in [5, 5.41) is 3.15. The number of imidazole rings is 1. The van der Waals surface area contributed by atoms with Crippen LogP contribution < -0.4 is 5.32 Å². The van der Waals surface area contributed by atoms with E-state index in [-0.39, 0.29) is 11.3 Å². The van der Waals surface area contributed by atoms with Crippen LogP contribution in [0, 0.1) is 5.92 Å². The van der Waals surface area contributed by atoms with E-state index in [1.165, 1.54) is 0 Å². The summed E-state index contributed by atoms with van der Waals surface area (Å²) in [6.07, 6.45) is 4.35. The molecule has 0 saturated heterocycles. The smallest absolute Gasteiger partial charge is 0.258 e. The molecule has 0 bridgehead atoms. The molecule has 182 valence electrons. The number of nitrogens with one attached hydrogen (secondary N) is 1. The van der Waals surface area contributed by atoms with Crippen LogP contribution in [0.4, 0.5) is 25.8 Å². The van der Waals surface area contributed by atoms with Crippen molar-refractivity contribution >= 4 is 38.4 Å². The third-order valence-electron chi connectivity index (χ3n) is 6.06. The van der Waals surface area contributed by atoms with Gasteiger partial charge in [0.25, 0.3) is 5.92 Å². The van der Waals surface area contributed by atoms with E-state index in [0.29, 0.717) is 46.1 Å².